The van der Waals surface area contributed by atoms with Crippen LogP contribution in [0.3, 0.4) is 0 Å². The van der Waals surface area contributed by atoms with E-state index >= 15 is 0 Å². The normalized spacial score (nSPS) is 10.4. The maximum Gasteiger partial charge on any atom is 0.285 e. The smallest absolute Gasteiger partial charge is 0.266 e. The van der Waals surface area contributed by atoms with E-state index in [1.54, 1.807) is 18.3 Å². The number of halogens is 1. The predicted molar refractivity (Wildman–Crippen MR) is 80.3 cm³/mol. The Morgan fingerprint density at radius 1 is 1.33 bits per heavy atom. The largest absolute Gasteiger partial charge is 0.285 e. The summed E-state index contributed by atoms with van der Waals surface area (Å²) in [7, 11) is 0. The van der Waals surface area contributed by atoms with Gasteiger partial charge in [-0.15, -0.1) is 0 Å². The van der Waals surface area contributed by atoms with Crippen LogP contribution < -0.4 is 5.56 Å². The highest BCUT2D eigenvalue weighted by Gasteiger charge is 2.15. The van der Waals surface area contributed by atoms with E-state index in [1.807, 2.05) is 19.9 Å². The maximum atomic E-state index is 12.4. The molecule has 0 spiro atoms. The number of rotatable bonds is 4. The first-order valence-electron chi connectivity index (χ1n) is 6.74. The molecule has 2 aromatic rings. The molecule has 5 nitrogen and oxygen atoms in total. The van der Waals surface area contributed by atoms with Gasteiger partial charge in [0, 0.05) is 6.20 Å². The zero-order valence-corrected chi connectivity index (χ0v) is 12.7. The molecule has 0 bridgehead atoms. The van der Waals surface area contributed by atoms with Crippen LogP contribution in [0.25, 0.3) is 0 Å². The number of hydrogen-bond donors (Lipinski definition) is 0. The van der Waals surface area contributed by atoms with Gasteiger partial charge in [0.25, 0.3) is 5.56 Å². The molecule has 0 aliphatic rings. The average molecular weight is 303 g/mol. The van der Waals surface area contributed by atoms with Gasteiger partial charge in [-0.3, -0.25) is 4.79 Å². The quantitative estimate of drug-likeness (QED) is 0.813. The number of aryl methyl sites for hydroxylation is 1. The molecule has 0 amide bonds. The third-order valence-corrected chi connectivity index (χ3v) is 3.48. The fourth-order valence-electron chi connectivity index (χ4n) is 2.21. The van der Waals surface area contributed by atoms with E-state index in [1.165, 1.54) is 4.68 Å². The van der Waals surface area contributed by atoms with E-state index in [4.69, 9.17) is 11.6 Å². The first kappa shape index (κ1) is 15.2. The molecular weight excluding hydrogens is 288 g/mol. The van der Waals surface area contributed by atoms with Gasteiger partial charge in [0.1, 0.15) is 16.8 Å². The SMILES string of the molecule is CCc1nn(Cc2ccc(Cl)nc2)c(=O)c(C#N)c1CC. The number of nitrogens with zero attached hydrogens (tertiary/aromatic N) is 4. The maximum absolute atomic E-state index is 12.4. The van der Waals surface area contributed by atoms with Crippen LogP contribution in [0.1, 0.15) is 36.2 Å². The van der Waals surface area contributed by atoms with Gasteiger partial charge in [-0.05, 0) is 30.0 Å². The molecule has 2 heterocycles. The molecule has 0 unspecified atom stereocenters. The summed E-state index contributed by atoms with van der Waals surface area (Å²) < 4.78 is 1.32. The standard InChI is InChI=1S/C15H15ClN4O/c1-3-11-12(7-17)15(21)20(19-13(11)4-2)9-10-5-6-14(16)18-8-10/h5-6,8H,3-4,9H2,1-2H3. The van der Waals surface area contributed by atoms with Crippen molar-refractivity contribution < 1.29 is 0 Å². The fourth-order valence-corrected chi connectivity index (χ4v) is 2.33. The third-order valence-electron chi connectivity index (χ3n) is 3.26. The van der Waals surface area contributed by atoms with Crippen molar-refractivity contribution in [2.24, 2.45) is 0 Å². The highest BCUT2D eigenvalue weighted by molar-refractivity contribution is 6.29. The van der Waals surface area contributed by atoms with Crippen molar-refractivity contribution in [2.45, 2.75) is 33.2 Å². The molecule has 0 aliphatic heterocycles. The van der Waals surface area contributed by atoms with Gasteiger partial charge in [-0.2, -0.15) is 10.4 Å². The summed E-state index contributed by atoms with van der Waals surface area (Å²) >= 11 is 5.74. The van der Waals surface area contributed by atoms with Crippen LogP contribution in [0.2, 0.25) is 5.15 Å². The molecule has 0 saturated heterocycles. The lowest BCUT2D eigenvalue weighted by Crippen LogP contribution is -2.29. The van der Waals surface area contributed by atoms with Crippen LogP contribution in [0, 0.1) is 11.3 Å². The zero-order chi connectivity index (χ0) is 15.4. The van der Waals surface area contributed by atoms with E-state index in [2.05, 4.69) is 10.1 Å². The molecule has 21 heavy (non-hydrogen) atoms. The summed E-state index contributed by atoms with van der Waals surface area (Å²) in [4.78, 5) is 16.3. The van der Waals surface area contributed by atoms with Crippen molar-refractivity contribution in [3.63, 3.8) is 0 Å². The summed E-state index contributed by atoms with van der Waals surface area (Å²) in [6.07, 6.45) is 2.90. The first-order valence-corrected chi connectivity index (χ1v) is 7.11. The average Bonchev–Trinajstić information content (AvgIpc) is 2.50. The van der Waals surface area contributed by atoms with Gasteiger partial charge in [-0.1, -0.05) is 31.5 Å². The Morgan fingerprint density at radius 3 is 2.62 bits per heavy atom. The lowest BCUT2D eigenvalue weighted by Gasteiger charge is -2.11. The third kappa shape index (κ3) is 3.11. The van der Waals surface area contributed by atoms with Crippen molar-refractivity contribution in [1.82, 2.24) is 14.8 Å². The Labute approximate surface area is 127 Å². The van der Waals surface area contributed by atoms with Crippen LogP contribution in [0.4, 0.5) is 0 Å². The highest BCUT2D eigenvalue weighted by atomic mass is 35.5. The van der Waals surface area contributed by atoms with E-state index in [-0.39, 0.29) is 17.7 Å². The summed E-state index contributed by atoms with van der Waals surface area (Å²) in [5, 5.41) is 14.0. The Hall–Kier alpha value is -2.19. The molecule has 0 fully saturated rings. The van der Waals surface area contributed by atoms with Crippen molar-refractivity contribution in [3.05, 3.63) is 56.2 Å². The molecule has 2 aromatic heterocycles. The Kier molecular flexibility index (Phi) is 4.71. The molecule has 2 rings (SSSR count). The summed E-state index contributed by atoms with van der Waals surface area (Å²) in [6.45, 7) is 4.15. The lowest BCUT2D eigenvalue weighted by molar-refractivity contribution is 0.610. The molecule has 0 saturated carbocycles. The van der Waals surface area contributed by atoms with Crippen molar-refractivity contribution >= 4 is 11.6 Å². The molecule has 0 atom stereocenters. The fraction of sp³-hybridized carbons (Fsp3) is 0.333. The minimum atomic E-state index is -0.360. The summed E-state index contributed by atoms with van der Waals surface area (Å²) in [5.74, 6) is 0. The molecule has 0 N–H and O–H groups in total. The van der Waals surface area contributed by atoms with Crippen LogP contribution in [0.15, 0.2) is 23.1 Å². The molecule has 108 valence electrons. The molecule has 0 radical (unpaired) electrons. The Balaban J connectivity index is 2.52. The van der Waals surface area contributed by atoms with Crippen molar-refractivity contribution in [3.8, 4) is 6.07 Å². The molecule has 6 heteroatoms. The van der Waals surface area contributed by atoms with Crippen molar-refractivity contribution in [2.75, 3.05) is 0 Å². The summed E-state index contributed by atoms with van der Waals surface area (Å²) in [5.41, 5.74) is 2.17. The van der Waals surface area contributed by atoms with E-state index in [0.717, 1.165) is 16.8 Å². The number of nitriles is 1. The van der Waals surface area contributed by atoms with Crippen LogP contribution >= 0.6 is 11.6 Å². The Bertz CT molecular complexity index is 744. The predicted octanol–water partition coefficient (Wildman–Crippen LogP) is 2.34. The second-order valence-corrected chi connectivity index (χ2v) is 4.96. The van der Waals surface area contributed by atoms with Gasteiger partial charge in [0.2, 0.25) is 0 Å². The zero-order valence-electron chi connectivity index (χ0n) is 11.9. The molecule has 0 aromatic carbocycles. The van der Waals surface area contributed by atoms with Crippen molar-refractivity contribution in [1.29, 1.82) is 5.26 Å². The topological polar surface area (TPSA) is 71.6 Å². The first-order chi connectivity index (χ1) is 10.1. The number of pyridine rings is 1. The van der Waals surface area contributed by atoms with E-state index < -0.39 is 0 Å². The number of hydrogen-bond acceptors (Lipinski definition) is 4. The second-order valence-electron chi connectivity index (χ2n) is 4.57. The minimum Gasteiger partial charge on any atom is -0.266 e. The molecule has 0 aliphatic carbocycles. The van der Waals surface area contributed by atoms with Gasteiger partial charge < -0.3 is 0 Å². The van der Waals surface area contributed by atoms with Gasteiger partial charge >= 0.3 is 0 Å². The summed E-state index contributed by atoms with van der Waals surface area (Å²) in [6, 6.07) is 5.46. The second kappa shape index (κ2) is 6.51. The molecular formula is C15H15ClN4O. The van der Waals surface area contributed by atoms with Gasteiger partial charge in [-0.25, -0.2) is 9.67 Å². The van der Waals surface area contributed by atoms with Crippen LogP contribution in [-0.4, -0.2) is 14.8 Å². The van der Waals surface area contributed by atoms with Gasteiger partial charge in [0.05, 0.1) is 12.2 Å². The monoisotopic (exact) mass is 302 g/mol. The Morgan fingerprint density at radius 2 is 2.10 bits per heavy atom. The van der Waals surface area contributed by atoms with E-state index in [0.29, 0.717) is 18.0 Å². The lowest BCUT2D eigenvalue weighted by atomic mass is 10.0. The van der Waals surface area contributed by atoms with Gasteiger partial charge in [0.15, 0.2) is 0 Å². The van der Waals surface area contributed by atoms with Crippen LogP contribution in [0.5, 0.6) is 0 Å². The van der Waals surface area contributed by atoms with Crippen LogP contribution in [-0.2, 0) is 19.4 Å². The number of aromatic nitrogens is 3. The van der Waals surface area contributed by atoms with E-state index in [9.17, 15) is 10.1 Å². The minimum absolute atomic E-state index is 0.186. The highest BCUT2D eigenvalue weighted by Crippen LogP contribution is 2.11.